The number of piperidine rings is 1. The molecule has 1 aliphatic heterocycles. The minimum Gasteiger partial charge on any atom is -0.396 e. The number of likely N-dealkylation sites (tertiary alicyclic amines) is 1. The normalized spacial score (nSPS) is 16.7. The predicted molar refractivity (Wildman–Crippen MR) is 105 cm³/mol. The number of carbonyl (C=O) groups excluding carboxylic acids is 1. The molecule has 0 saturated carbocycles. The molecule has 146 valence electrons. The first-order valence-electron chi connectivity index (χ1n) is 9.55. The van der Waals surface area contributed by atoms with E-state index in [-0.39, 0.29) is 11.5 Å². The number of anilines is 1. The number of rotatable bonds is 6. The molecule has 1 aromatic heterocycles. The number of benzene rings is 1. The van der Waals surface area contributed by atoms with Gasteiger partial charge < -0.3 is 15.7 Å². The maximum absolute atomic E-state index is 14.1. The number of hydrogen-bond acceptors (Lipinski definition) is 5. The molecule has 0 spiro atoms. The van der Waals surface area contributed by atoms with Gasteiger partial charge in [0.2, 0.25) is 0 Å². The molecule has 0 amide bonds. The van der Waals surface area contributed by atoms with E-state index >= 15 is 0 Å². The van der Waals surface area contributed by atoms with Crippen LogP contribution in [0, 0.1) is 11.7 Å². The van der Waals surface area contributed by atoms with Gasteiger partial charge in [0.15, 0.2) is 5.78 Å². The van der Waals surface area contributed by atoms with Gasteiger partial charge in [-0.15, -0.1) is 0 Å². The second-order valence-corrected chi connectivity index (χ2v) is 8.21. The Hall–Kier alpha value is -2.05. The van der Waals surface area contributed by atoms with E-state index in [1.54, 1.807) is 18.3 Å². The van der Waals surface area contributed by atoms with Crippen LogP contribution in [0.4, 0.5) is 10.1 Å². The van der Waals surface area contributed by atoms with E-state index in [0.29, 0.717) is 35.3 Å². The van der Waals surface area contributed by atoms with E-state index < -0.39 is 11.4 Å². The predicted octanol–water partition coefficient (Wildman–Crippen LogP) is 3.40. The maximum Gasteiger partial charge on any atom is 0.165 e. The number of ketones is 1. The first-order valence-corrected chi connectivity index (χ1v) is 9.55. The highest BCUT2D eigenvalue weighted by Gasteiger charge is 2.25. The monoisotopic (exact) mass is 373 g/mol. The van der Waals surface area contributed by atoms with Crippen LogP contribution >= 0.6 is 0 Å². The van der Waals surface area contributed by atoms with Gasteiger partial charge in [0.1, 0.15) is 5.82 Å². The largest absolute Gasteiger partial charge is 0.396 e. The average Bonchev–Trinajstić information content (AvgIpc) is 2.62. The number of nitrogens with zero attached hydrogens (tertiary/aromatic N) is 2. The van der Waals surface area contributed by atoms with Crippen LogP contribution in [-0.2, 0) is 0 Å². The standard InChI is InChI=1S/C21H28FN3O2/c1-21(2,27)13-25-10-7-14(8-11-25)5-6-18(26)16-12-17(22)19(23)15-4-3-9-24-20(15)16/h3-4,9,12,14,27H,5-8,10-11,13,23H2,1-2H3. The van der Waals surface area contributed by atoms with Crippen LogP contribution in [0.1, 0.15) is 49.9 Å². The molecular weight excluding hydrogens is 345 g/mol. The van der Waals surface area contributed by atoms with Crippen LogP contribution in [0.5, 0.6) is 0 Å². The topological polar surface area (TPSA) is 79.5 Å². The van der Waals surface area contributed by atoms with Crippen molar-refractivity contribution in [1.82, 2.24) is 9.88 Å². The van der Waals surface area contributed by atoms with E-state index in [1.165, 1.54) is 6.07 Å². The maximum atomic E-state index is 14.1. The lowest BCUT2D eigenvalue weighted by Gasteiger charge is -2.35. The van der Waals surface area contributed by atoms with Gasteiger partial charge in [-0.25, -0.2) is 4.39 Å². The molecule has 0 bridgehead atoms. The van der Waals surface area contributed by atoms with Crippen molar-refractivity contribution in [2.24, 2.45) is 5.92 Å². The second-order valence-electron chi connectivity index (χ2n) is 8.21. The number of halogens is 1. The van der Waals surface area contributed by atoms with Crippen molar-refractivity contribution in [2.45, 2.75) is 45.1 Å². The summed E-state index contributed by atoms with van der Waals surface area (Å²) in [5.74, 6) is -0.180. The Balaban J connectivity index is 1.61. The third kappa shape index (κ3) is 4.82. The highest BCUT2D eigenvalue weighted by atomic mass is 19.1. The molecular formula is C21H28FN3O2. The van der Waals surface area contributed by atoms with E-state index in [1.807, 2.05) is 13.8 Å². The number of β-amino-alcohol motifs (C(OH)–C–C–N with tert-alkyl or cyclic N) is 1. The van der Waals surface area contributed by atoms with E-state index in [4.69, 9.17) is 5.73 Å². The second kappa shape index (κ2) is 7.90. The van der Waals surface area contributed by atoms with Crippen LogP contribution in [0.2, 0.25) is 0 Å². The minimum absolute atomic E-state index is 0.0360. The first kappa shape index (κ1) is 19.7. The highest BCUT2D eigenvalue weighted by molar-refractivity contribution is 6.09. The van der Waals surface area contributed by atoms with Crippen molar-refractivity contribution in [3.8, 4) is 0 Å². The molecule has 0 unspecified atom stereocenters. The number of carbonyl (C=O) groups is 1. The van der Waals surface area contributed by atoms with Crippen LogP contribution < -0.4 is 5.73 Å². The summed E-state index contributed by atoms with van der Waals surface area (Å²) in [6.45, 7) is 6.18. The number of aromatic nitrogens is 1. The molecule has 6 heteroatoms. The molecule has 3 rings (SSSR count). The van der Waals surface area contributed by atoms with Crippen LogP contribution in [-0.4, -0.2) is 46.0 Å². The molecule has 1 aromatic carbocycles. The van der Waals surface area contributed by atoms with Crippen molar-refractivity contribution in [3.05, 3.63) is 35.8 Å². The van der Waals surface area contributed by atoms with Crippen molar-refractivity contribution < 1.29 is 14.3 Å². The summed E-state index contributed by atoms with van der Waals surface area (Å²) in [5.41, 5.74) is 5.93. The van der Waals surface area contributed by atoms with E-state index in [0.717, 1.165) is 32.4 Å². The first-order chi connectivity index (χ1) is 12.7. The number of pyridine rings is 1. The lowest BCUT2D eigenvalue weighted by molar-refractivity contribution is 0.0239. The van der Waals surface area contributed by atoms with Gasteiger partial charge in [-0.1, -0.05) is 0 Å². The van der Waals surface area contributed by atoms with Gasteiger partial charge in [-0.05, 0) is 70.3 Å². The summed E-state index contributed by atoms with van der Waals surface area (Å²) >= 11 is 0. The Morgan fingerprint density at radius 2 is 2.11 bits per heavy atom. The molecule has 0 aliphatic carbocycles. The van der Waals surface area contributed by atoms with E-state index in [2.05, 4.69) is 9.88 Å². The molecule has 27 heavy (non-hydrogen) atoms. The highest BCUT2D eigenvalue weighted by Crippen LogP contribution is 2.28. The molecule has 2 heterocycles. The summed E-state index contributed by atoms with van der Waals surface area (Å²) in [5, 5.41) is 10.4. The Morgan fingerprint density at radius 1 is 1.41 bits per heavy atom. The zero-order chi connectivity index (χ0) is 19.6. The van der Waals surface area contributed by atoms with Gasteiger partial charge in [-0.2, -0.15) is 0 Å². The van der Waals surface area contributed by atoms with Crippen LogP contribution in [0.25, 0.3) is 10.9 Å². The van der Waals surface area contributed by atoms with Crippen molar-refractivity contribution in [1.29, 1.82) is 0 Å². The zero-order valence-electron chi connectivity index (χ0n) is 16.0. The van der Waals surface area contributed by atoms with Crippen molar-refractivity contribution in [2.75, 3.05) is 25.4 Å². The average molecular weight is 373 g/mol. The zero-order valence-corrected chi connectivity index (χ0v) is 16.0. The Kier molecular flexibility index (Phi) is 5.77. The molecule has 3 N–H and O–H groups in total. The van der Waals surface area contributed by atoms with Crippen LogP contribution in [0.3, 0.4) is 0 Å². The Bertz CT molecular complexity index is 824. The number of nitrogens with two attached hydrogens (primary N) is 1. The minimum atomic E-state index is -0.684. The SMILES string of the molecule is CC(C)(O)CN1CCC(CCC(=O)c2cc(F)c(N)c3cccnc23)CC1. The van der Waals surface area contributed by atoms with Gasteiger partial charge in [0.05, 0.1) is 16.8 Å². The number of aliphatic hydroxyl groups is 1. The Labute approximate surface area is 159 Å². The van der Waals surface area contributed by atoms with Crippen molar-refractivity contribution >= 4 is 22.4 Å². The molecule has 0 atom stereocenters. The quantitative estimate of drug-likeness (QED) is 0.599. The molecule has 0 radical (unpaired) electrons. The number of Topliss-reactive ketones (excluding diaryl/α,β-unsaturated/α-hetero) is 1. The number of fused-ring (bicyclic) bond motifs is 1. The fourth-order valence-electron chi connectivity index (χ4n) is 3.90. The molecule has 1 aliphatic rings. The van der Waals surface area contributed by atoms with Crippen molar-refractivity contribution in [3.63, 3.8) is 0 Å². The lowest BCUT2D eigenvalue weighted by atomic mass is 9.89. The summed E-state index contributed by atoms with van der Waals surface area (Å²) in [4.78, 5) is 19.2. The number of hydrogen-bond donors (Lipinski definition) is 2. The third-order valence-corrected chi connectivity index (χ3v) is 5.28. The van der Waals surface area contributed by atoms with Gasteiger partial charge in [-0.3, -0.25) is 9.78 Å². The Morgan fingerprint density at radius 3 is 2.78 bits per heavy atom. The summed E-state index contributed by atoms with van der Waals surface area (Å²) < 4.78 is 14.1. The van der Waals surface area contributed by atoms with Gasteiger partial charge in [0, 0.05) is 30.1 Å². The van der Waals surface area contributed by atoms with Crippen LogP contribution in [0.15, 0.2) is 24.4 Å². The summed E-state index contributed by atoms with van der Waals surface area (Å²) in [6.07, 6.45) is 4.78. The van der Waals surface area contributed by atoms with Gasteiger partial charge in [0.25, 0.3) is 0 Å². The molecule has 2 aromatic rings. The fraction of sp³-hybridized carbons (Fsp3) is 0.524. The molecule has 1 fully saturated rings. The van der Waals surface area contributed by atoms with E-state index in [9.17, 15) is 14.3 Å². The van der Waals surface area contributed by atoms with Gasteiger partial charge >= 0.3 is 0 Å². The lowest BCUT2D eigenvalue weighted by Crippen LogP contribution is -2.42. The smallest absolute Gasteiger partial charge is 0.165 e. The fourth-order valence-corrected chi connectivity index (χ4v) is 3.90. The third-order valence-electron chi connectivity index (χ3n) is 5.28. The molecule has 5 nitrogen and oxygen atoms in total. The summed E-state index contributed by atoms with van der Waals surface area (Å²) in [7, 11) is 0. The molecule has 1 saturated heterocycles. The summed E-state index contributed by atoms with van der Waals surface area (Å²) in [6, 6.07) is 4.60. The number of nitrogen functional groups attached to an aromatic ring is 1.